The summed E-state index contributed by atoms with van der Waals surface area (Å²) in [7, 11) is 0. The van der Waals surface area contributed by atoms with Crippen LogP contribution in [0.25, 0.3) is 0 Å². The lowest BCUT2D eigenvalue weighted by Gasteiger charge is -2.31. The maximum Gasteiger partial charge on any atom is 0.0408 e. The lowest BCUT2D eigenvalue weighted by molar-refractivity contribution is 0.261. The highest BCUT2D eigenvalue weighted by molar-refractivity contribution is 6.30. The molecule has 1 atom stereocenters. The van der Waals surface area contributed by atoms with Gasteiger partial charge in [-0.1, -0.05) is 43.9 Å². The third kappa shape index (κ3) is 3.49. The van der Waals surface area contributed by atoms with Gasteiger partial charge in [0, 0.05) is 11.1 Å². The molecule has 1 aromatic rings. The van der Waals surface area contributed by atoms with E-state index in [0.29, 0.717) is 6.04 Å². The molecule has 2 rings (SSSR count). The molecule has 0 saturated heterocycles. The van der Waals surface area contributed by atoms with Gasteiger partial charge in [-0.05, 0) is 55.5 Å². The van der Waals surface area contributed by atoms with Crippen molar-refractivity contribution in [1.29, 1.82) is 0 Å². The Morgan fingerprint density at radius 2 is 2.17 bits per heavy atom. The van der Waals surface area contributed by atoms with Crippen molar-refractivity contribution in [3.8, 4) is 0 Å². The Morgan fingerprint density at radius 1 is 1.39 bits per heavy atom. The van der Waals surface area contributed by atoms with Crippen molar-refractivity contribution in [2.75, 3.05) is 6.54 Å². The first-order chi connectivity index (χ1) is 8.70. The first-order valence-corrected chi connectivity index (χ1v) is 7.58. The fourth-order valence-electron chi connectivity index (χ4n) is 2.73. The molecule has 0 amide bonds. The Labute approximate surface area is 116 Å². The maximum atomic E-state index is 6.05. The molecule has 18 heavy (non-hydrogen) atoms. The molecule has 0 bridgehead atoms. The minimum absolute atomic E-state index is 0.507. The molecule has 0 aliphatic heterocycles. The Bertz CT molecular complexity index is 385. The van der Waals surface area contributed by atoms with Crippen LogP contribution in [0.15, 0.2) is 18.2 Å². The van der Waals surface area contributed by atoms with E-state index in [1.165, 1.54) is 43.2 Å². The van der Waals surface area contributed by atoms with E-state index in [1.807, 2.05) is 6.07 Å². The summed E-state index contributed by atoms with van der Waals surface area (Å²) >= 11 is 6.05. The Kier molecular flexibility index (Phi) is 5.08. The number of rotatable bonds is 6. The first-order valence-electron chi connectivity index (χ1n) is 7.20. The van der Waals surface area contributed by atoms with Crippen LogP contribution in [0.4, 0.5) is 0 Å². The van der Waals surface area contributed by atoms with Crippen LogP contribution in [0.3, 0.4) is 0 Å². The van der Waals surface area contributed by atoms with E-state index in [4.69, 9.17) is 11.6 Å². The second-order valence-electron chi connectivity index (χ2n) is 5.54. The van der Waals surface area contributed by atoms with Gasteiger partial charge in [-0.15, -0.1) is 0 Å². The smallest absolute Gasteiger partial charge is 0.0408 e. The summed E-state index contributed by atoms with van der Waals surface area (Å²) in [6.07, 6.45) is 6.72. The van der Waals surface area contributed by atoms with Crippen LogP contribution in [-0.4, -0.2) is 6.54 Å². The van der Waals surface area contributed by atoms with Crippen molar-refractivity contribution in [2.24, 2.45) is 5.92 Å². The minimum atomic E-state index is 0.507. The van der Waals surface area contributed by atoms with E-state index in [1.54, 1.807) is 0 Å². The fraction of sp³-hybridized carbons (Fsp3) is 0.625. The van der Waals surface area contributed by atoms with E-state index in [9.17, 15) is 0 Å². The van der Waals surface area contributed by atoms with Crippen LogP contribution in [0.2, 0.25) is 5.02 Å². The average Bonchev–Trinajstić information content (AvgIpc) is 2.28. The van der Waals surface area contributed by atoms with Crippen LogP contribution in [0.1, 0.15) is 56.2 Å². The molecule has 1 unspecified atom stereocenters. The van der Waals surface area contributed by atoms with Gasteiger partial charge >= 0.3 is 0 Å². The van der Waals surface area contributed by atoms with Gasteiger partial charge in [-0.2, -0.15) is 0 Å². The predicted octanol–water partition coefficient (Wildman–Crippen LogP) is 4.88. The zero-order chi connectivity index (χ0) is 13.0. The van der Waals surface area contributed by atoms with Crippen molar-refractivity contribution in [2.45, 2.75) is 52.0 Å². The molecule has 1 nitrogen and oxygen atoms in total. The highest BCUT2D eigenvalue weighted by Crippen LogP contribution is 2.35. The first kappa shape index (κ1) is 13.9. The van der Waals surface area contributed by atoms with Gasteiger partial charge in [0.15, 0.2) is 0 Å². The number of benzene rings is 1. The number of nitrogens with one attached hydrogen (secondary N) is 1. The third-order valence-corrected chi connectivity index (χ3v) is 4.28. The van der Waals surface area contributed by atoms with E-state index < -0.39 is 0 Å². The summed E-state index contributed by atoms with van der Waals surface area (Å²) in [5, 5.41) is 4.54. The second kappa shape index (κ2) is 6.58. The molecule has 0 spiro atoms. The number of hydrogen-bond donors (Lipinski definition) is 1. The SMILES string of the molecule is CCCNC(CC1CCC1)c1ccc(Cl)cc1C. The van der Waals surface area contributed by atoms with Crippen LogP contribution in [0, 0.1) is 12.8 Å². The standard InChI is InChI=1S/C16H24ClN/c1-3-9-18-16(11-13-5-4-6-13)15-8-7-14(17)10-12(15)2/h7-8,10,13,16,18H,3-6,9,11H2,1-2H3. The lowest BCUT2D eigenvalue weighted by atomic mass is 9.79. The Balaban J connectivity index is 2.09. The molecule has 1 N–H and O–H groups in total. The van der Waals surface area contributed by atoms with Gasteiger partial charge in [0.1, 0.15) is 0 Å². The number of hydrogen-bond acceptors (Lipinski definition) is 1. The normalized spacial score (nSPS) is 17.5. The molecule has 1 saturated carbocycles. The van der Waals surface area contributed by atoms with Crippen molar-refractivity contribution >= 4 is 11.6 Å². The molecule has 100 valence electrons. The average molecular weight is 266 g/mol. The third-order valence-electron chi connectivity index (χ3n) is 4.04. The quantitative estimate of drug-likeness (QED) is 0.773. The summed E-state index contributed by atoms with van der Waals surface area (Å²) in [6, 6.07) is 6.81. The van der Waals surface area contributed by atoms with Gasteiger partial charge in [-0.25, -0.2) is 0 Å². The molecule has 1 fully saturated rings. The van der Waals surface area contributed by atoms with Crippen molar-refractivity contribution in [3.05, 3.63) is 34.3 Å². The topological polar surface area (TPSA) is 12.0 Å². The van der Waals surface area contributed by atoms with Crippen molar-refractivity contribution < 1.29 is 0 Å². The van der Waals surface area contributed by atoms with Crippen LogP contribution in [0.5, 0.6) is 0 Å². The van der Waals surface area contributed by atoms with Crippen LogP contribution in [-0.2, 0) is 0 Å². The monoisotopic (exact) mass is 265 g/mol. The highest BCUT2D eigenvalue weighted by atomic mass is 35.5. The molecule has 1 aliphatic rings. The summed E-state index contributed by atoms with van der Waals surface area (Å²) in [5.74, 6) is 0.925. The van der Waals surface area contributed by atoms with Crippen molar-refractivity contribution in [1.82, 2.24) is 5.32 Å². The van der Waals surface area contributed by atoms with Gasteiger partial charge in [0.05, 0.1) is 0 Å². The molecule has 1 aromatic carbocycles. The summed E-state index contributed by atoms with van der Waals surface area (Å²) in [6.45, 7) is 5.49. The summed E-state index contributed by atoms with van der Waals surface area (Å²) in [4.78, 5) is 0. The minimum Gasteiger partial charge on any atom is -0.310 e. The Morgan fingerprint density at radius 3 is 2.72 bits per heavy atom. The largest absolute Gasteiger partial charge is 0.310 e. The van der Waals surface area contributed by atoms with E-state index in [-0.39, 0.29) is 0 Å². The number of aryl methyl sites for hydroxylation is 1. The zero-order valence-corrected chi connectivity index (χ0v) is 12.3. The highest BCUT2D eigenvalue weighted by Gasteiger charge is 2.23. The number of halogens is 1. The maximum absolute atomic E-state index is 6.05. The zero-order valence-electron chi connectivity index (χ0n) is 11.5. The molecule has 0 radical (unpaired) electrons. The van der Waals surface area contributed by atoms with Crippen LogP contribution >= 0.6 is 11.6 Å². The second-order valence-corrected chi connectivity index (χ2v) is 5.98. The van der Waals surface area contributed by atoms with E-state index >= 15 is 0 Å². The molecule has 2 heteroatoms. The van der Waals surface area contributed by atoms with Crippen molar-refractivity contribution in [3.63, 3.8) is 0 Å². The predicted molar refractivity (Wildman–Crippen MR) is 79.2 cm³/mol. The Hall–Kier alpha value is -0.530. The van der Waals surface area contributed by atoms with Gasteiger partial charge in [0.2, 0.25) is 0 Å². The molecular weight excluding hydrogens is 242 g/mol. The van der Waals surface area contributed by atoms with Gasteiger partial charge < -0.3 is 5.32 Å². The lowest BCUT2D eigenvalue weighted by Crippen LogP contribution is -2.27. The van der Waals surface area contributed by atoms with E-state index in [2.05, 4.69) is 31.3 Å². The van der Waals surface area contributed by atoms with Crippen LogP contribution < -0.4 is 5.32 Å². The summed E-state index contributed by atoms with van der Waals surface area (Å²) in [5.41, 5.74) is 2.75. The van der Waals surface area contributed by atoms with Gasteiger partial charge in [-0.3, -0.25) is 0 Å². The molecule has 1 aliphatic carbocycles. The van der Waals surface area contributed by atoms with E-state index in [0.717, 1.165) is 17.5 Å². The molecular formula is C16H24ClN. The molecule has 0 heterocycles. The fourth-order valence-corrected chi connectivity index (χ4v) is 2.96. The summed E-state index contributed by atoms with van der Waals surface area (Å²) < 4.78 is 0. The molecule has 0 aromatic heterocycles. The van der Waals surface area contributed by atoms with Gasteiger partial charge in [0.25, 0.3) is 0 Å².